The Kier molecular flexibility index (Phi) is 7.30. The Bertz CT molecular complexity index is 889. The first kappa shape index (κ1) is 21.5. The van der Waals surface area contributed by atoms with Crippen LogP contribution in [0.15, 0.2) is 48.8 Å². The number of carbonyl (C=O) groups is 1. The molecule has 0 radical (unpaired) electrons. The molecule has 5 nitrogen and oxygen atoms in total. The fraction of sp³-hybridized carbons (Fsp3) is 0.440. The molecule has 0 spiro atoms. The van der Waals surface area contributed by atoms with E-state index >= 15 is 0 Å². The van der Waals surface area contributed by atoms with Gasteiger partial charge in [-0.15, -0.1) is 0 Å². The Morgan fingerprint density at radius 3 is 2.71 bits per heavy atom. The lowest BCUT2D eigenvalue weighted by Crippen LogP contribution is -2.45. The number of carbonyl (C=O) groups excluding carboxylic acids is 1. The van der Waals surface area contributed by atoms with Crippen LogP contribution in [0, 0.1) is 11.7 Å². The van der Waals surface area contributed by atoms with Crippen molar-refractivity contribution in [2.75, 3.05) is 19.6 Å². The van der Waals surface area contributed by atoms with Crippen molar-refractivity contribution < 1.29 is 13.9 Å². The van der Waals surface area contributed by atoms with Crippen molar-refractivity contribution in [3.8, 4) is 11.5 Å². The van der Waals surface area contributed by atoms with Crippen LogP contribution in [0.25, 0.3) is 6.08 Å². The maximum Gasteiger partial charge on any atom is 0.244 e. The van der Waals surface area contributed by atoms with E-state index < -0.39 is 5.82 Å². The predicted octanol–water partition coefficient (Wildman–Crippen LogP) is 4.80. The number of ether oxygens (including phenoxy) is 1. The Balaban J connectivity index is 1.23. The number of aromatic nitrogens is 1. The lowest BCUT2D eigenvalue weighted by Gasteiger charge is -2.33. The van der Waals surface area contributed by atoms with Gasteiger partial charge in [-0.25, -0.2) is 4.39 Å². The molecule has 2 heterocycles. The molecule has 1 aliphatic heterocycles. The zero-order valence-electron chi connectivity index (χ0n) is 17.8. The molecule has 2 fully saturated rings. The highest BCUT2D eigenvalue weighted by Gasteiger charge is 2.23. The van der Waals surface area contributed by atoms with Crippen molar-refractivity contribution in [3.05, 3.63) is 60.2 Å². The first-order valence-corrected chi connectivity index (χ1v) is 11.2. The number of rotatable bonds is 7. The first-order valence-electron chi connectivity index (χ1n) is 11.2. The van der Waals surface area contributed by atoms with Gasteiger partial charge in [0.25, 0.3) is 0 Å². The van der Waals surface area contributed by atoms with Crippen molar-refractivity contribution in [2.45, 2.75) is 44.6 Å². The van der Waals surface area contributed by atoms with Gasteiger partial charge in [-0.05, 0) is 67.5 Å². The second-order valence-corrected chi connectivity index (χ2v) is 8.55. The highest BCUT2D eigenvalue weighted by Crippen LogP contribution is 2.27. The molecule has 1 aliphatic carbocycles. The summed E-state index contributed by atoms with van der Waals surface area (Å²) in [5, 5.41) is 3.08. The minimum absolute atomic E-state index is 0.124. The van der Waals surface area contributed by atoms with E-state index in [0.29, 0.717) is 11.3 Å². The molecule has 4 rings (SSSR count). The van der Waals surface area contributed by atoms with Gasteiger partial charge in [0.2, 0.25) is 5.91 Å². The highest BCUT2D eigenvalue weighted by molar-refractivity contribution is 5.91. The zero-order chi connectivity index (χ0) is 21.5. The van der Waals surface area contributed by atoms with Gasteiger partial charge in [-0.2, -0.15) is 0 Å². The summed E-state index contributed by atoms with van der Waals surface area (Å²) in [6, 6.07) is 8.28. The quantitative estimate of drug-likeness (QED) is 0.650. The van der Waals surface area contributed by atoms with E-state index in [4.69, 9.17) is 4.74 Å². The number of hydrogen-bond acceptors (Lipinski definition) is 4. The molecule has 1 saturated heterocycles. The molecule has 1 aromatic carbocycles. The molecule has 1 N–H and O–H groups in total. The molecular formula is C25H30FN3O2. The number of nitrogens with one attached hydrogen (secondary N) is 1. The minimum atomic E-state index is -0.485. The number of benzene rings is 1. The Morgan fingerprint density at radius 2 is 2.00 bits per heavy atom. The van der Waals surface area contributed by atoms with Crippen LogP contribution in [0.2, 0.25) is 0 Å². The van der Waals surface area contributed by atoms with E-state index in [1.165, 1.54) is 50.6 Å². The van der Waals surface area contributed by atoms with Crippen LogP contribution in [-0.4, -0.2) is 41.5 Å². The van der Waals surface area contributed by atoms with Crippen molar-refractivity contribution in [3.63, 3.8) is 0 Å². The largest absolute Gasteiger partial charge is 0.453 e. The number of amides is 1. The second kappa shape index (κ2) is 10.5. The van der Waals surface area contributed by atoms with Gasteiger partial charge in [0.1, 0.15) is 5.75 Å². The SMILES string of the molecule is O=C(/C=C/c1ccc(Oc2cccnc2)c(F)c1)NC1CCN(CC2CCCC2)CC1. The molecule has 0 unspecified atom stereocenters. The first-order chi connectivity index (χ1) is 15.2. The monoisotopic (exact) mass is 423 g/mol. The minimum Gasteiger partial charge on any atom is -0.453 e. The number of nitrogens with zero attached hydrogens (tertiary/aromatic N) is 2. The van der Waals surface area contributed by atoms with Gasteiger partial charge in [0, 0.05) is 37.9 Å². The molecule has 6 heteroatoms. The van der Waals surface area contributed by atoms with Crippen molar-refractivity contribution in [1.82, 2.24) is 15.2 Å². The second-order valence-electron chi connectivity index (χ2n) is 8.55. The average molecular weight is 424 g/mol. The molecule has 1 saturated carbocycles. The number of pyridine rings is 1. The van der Waals surface area contributed by atoms with Crippen LogP contribution in [0.3, 0.4) is 0 Å². The van der Waals surface area contributed by atoms with E-state index in [9.17, 15) is 9.18 Å². The van der Waals surface area contributed by atoms with Crippen molar-refractivity contribution in [2.24, 2.45) is 5.92 Å². The third-order valence-corrected chi connectivity index (χ3v) is 6.17. The summed E-state index contributed by atoms with van der Waals surface area (Å²) in [5.41, 5.74) is 0.609. The Morgan fingerprint density at radius 1 is 1.19 bits per heavy atom. The summed E-state index contributed by atoms with van der Waals surface area (Å²) in [4.78, 5) is 18.8. The lowest BCUT2D eigenvalue weighted by atomic mass is 10.0. The number of hydrogen-bond donors (Lipinski definition) is 1. The molecule has 164 valence electrons. The van der Waals surface area contributed by atoms with Gasteiger partial charge in [-0.3, -0.25) is 9.78 Å². The van der Waals surface area contributed by atoms with E-state index in [1.807, 2.05) is 0 Å². The van der Waals surface area contributed by atoms with Gasteiger partial charge < -0.3 is 15.0 Å². The van der Waals surface area contributed by atoms with Gasteiger partial charge in [-0.1, -0.05) is 18.9 Å². The Labute approximate surface area is 183 Å². The number of piperidine rings is 1. The normalized spacial score (nSPS) is 18.5. The smallest absolute Gasteiger partial charge is 0.244 e. The standard InChI is InChI=1S/C25H30FN3O2/c26-23-16-19(7-9-24(23)31-22-6-3-13-27-17-22)8-10-25(30)28-21-11-14-29(15-12-21)18-20-4-1-2-5-20/h3,6-10,13,16-17,20-21H,1-2,4-5,11-12,14-15,18H2,(H,28,30)/b10-8+. The zero-order valence-corrected chi connectivity index (χ0v) is 17.8. The molecule has 0 atom stereocenters. The van der Waals surface area contributed by atoms with Gasteiger partial charge in [0.05, 0.1) is 6.20 Å². The maximum atomic E-state index is 14.3. The fourth-order valence-corrected chi connectivity index (χ4v) is 4.48. The van der Waals surface area contributed by atoms with Crippen LogP contribution in [-0.2, 0) is 4.79 Å². The van der Waals surface area contributed by atoms with Crippen LogP contribution in [0.4, 0.5) is 4.39 Å². The third kappa shape index (κ3) is 6.37. The molecule has 2 aliphatic rings. The summed E-state index contributed by atoms with van der Waals surface area (Å²) in [6.07, 6.45) is 13.7. The van der Waals surface area contributed by atoms with Crippen molar-refractivity contribution in [1.29, 1.82) is 0 Å². The van der Waals surface area contributed by atoms with E-state index in [1.54, 1.807) is 36.5 Å². The molecule has 1 aromatic heterocycles. The lowest BCUT2D eigenvalue weighted by molar-refractivity contribution is -0.117. The number of likely N-dealkylation sites (tertiary alicyclic amines) is 1. The average Bonchev–Trinajstić information content (AvgIpc) is 3.29. The van der Waals surface area contributed by atoms with Gasteiger partial charge in [0.15, 0.2) is 11.6 Å². The van der Waals surface area contributed by atoms with Crippen LogP contribution in [0.1, 0.15) is 44.1 Å². The van der Waals surface area contributed by atoms with Crippen molar-refractivity contribution >= 4 is 12.0 Å². The summed E-state index contributed by atoms with van der Waals surface area (Å²) >= 11 is 0. The van der Waals surface area contributed by atoms with E-state index in [2.05, 4.69) is 15.2 Å². The summed E-state index contributed by atoms with van der Waals surface area (Å²) in [5.74, 6) is 0.847. The summed E-state index contributed by atoms with van der Waals surface area (Å²) in [7, 11) is 0. The Hall–Kier alpha value is -2.73. The van der Waals surface area contributed by atoms with E-state index in [-0.39, 0.29) is 17.7 Å². The molecule has 31 heavy (non-hydrogen) atoms. The van der Waals surface area contributed by atoms with Crippen LogP contribution in [0.5, 0.6) is 11.5 Å². The predicted molar refractivity (Wildman–Crippen MR) is 119 cm³/mol. The molecule has 0 bridgehead atoms. The summed E-state index contributed by atoms with van der Waals surface area (Å²) in [6.45, 7) is 3.32. The maximum absolute atomic E-state index is 14.3. The third-order valence-electron chi connectivity index (χ3n) is 6.17. The summed E-state index contributed by atoms with van der Waals surface area (Å²) < 4.78 is 19.8. The molecule has 2 aromatic rings. The molecule has 1 amide bonds. The van der Waals surface area contributed by atoms with E-state index in [0.717, 1.165) is 31.8 Å². The van der Waals surface area contributed by atoms with Crippen LogP contribution < -0.4 is 10.1 Å². The van der Waals surface area contributed by atoms with Crippen LogP contribution >= 0.6 is 0 Å². The highest BCUT2D eigenvalue weighted by atomic mass is 19.1. The number of halogens is 1. The topological polar surface area (TPSA) is 54.5 Å². The van der Waals surface area contributed by atoms with Gasteiger partial charge >= 0.3 is 0 Å². The fourth-order valence-electron chi connectivity index (χ4n) is 4.48. The molecular weight excluding hydrogens is 393 g/mol.